The highest BCUT2D eigenvalue weighted by Gasteiger charge is 2.34. The Balaban J connectivity index is 0.00000288. The molecule has 0 saturated heterocycles. The second-order valence-electron chi connectivity index (χ2n) is 5.04. The van der Waals surface area contributed by atoms with Crippen LogP contribution in [0.3, 0.4) is 0 Å². The van der Waals surface area contributed by atoms with Crippen molar-refractivity contribution in [3.8, 4) is 6.07 Å². The van der Waals surface area contributed by atoms with E-state index in [9.17, 15) is 18.3 Å². The Labute approximate surface area is 144 Å². The molecule has 3 nitrogen and oxygen atoms in total. The van der Waals surface area contributed by atoms with Crippen molar-refractivity contribution in [3.05, 3.63) is 70.8 Å². The number of hydrogen-bond donors (Lipinski definition) is 2. The van der Waals surface area contributed by atoms with Crippen molar-refractivity contribution < 1.29 is 18.3 Å². The fraction of sp³-hybridized carbons (Fsp3) is 0.235. The molecule has 0 aliphatic heterocycles. The summed E-state index contributed by atoms with van der Waals surface area (Å²) in [7, 11) is 0. The predicted octanol–water partition coefficient (Wildman–Crippen LogP) is 3.82. The number of aliphatic hydroxyl groups is 1. The standard InChI is InChI=1S/C17H15F3N2O.ClH/c18-17(19,20)15-4-2-1-3-14(15)16(23)11-22-10-13-7-5-12(9-21)6-8-13;/h1-8,16,22-23H,10-11H2;1H. The van der Waals surface area contributed by atoms with Gasteiger partial charge in [0.15, 0.2) is 0 Å². The maximum atomic E-state index is 12.9. The van der Waals surface area contributed by atoms with Crippen molar-refractivity contribution >= 4 is 12.4 Å². The highest BCUT2D eigenvalue weighted by molar-refractivity contribution is 5.85. The van der Waals surface area contributed by atoms with E-state index in [2.05, 4.69) is 5.32 Å². The minimum Gasteiger partial charge on any atom is -0.387 e. The van der Waals surface area contributed by atoms with Crippen molar-refractivity contribution in [1.29, 1.82) is 5.26 Å². The van der Waals surface area contributed by atoms with Crippen LogP contribution in [0.5, 0.6) is 0 Å². The molecule has 0 heterocycles. The maximum Gasteiger partial charge on any atom is 0.416 e. The van der Waals surface area contributed by atoms with Crippen LogP contribution in [-0.4, -0.2) is 11.7 Å². The number of nitrogens with one attached hydrogen (secondary N) is 1. The Bertz CT molecular complexity index is 696. The molecule has 2 rings (SSSR count). The van der Waals surface area contributed by atoms with E-state index in [1.807, 2.05) is 6.07 Å². The molecule has 1 unspecified atom stereocenters. The molecule has 2 aromatic carbocycles. The van der Waals surface area contributed by atoms with Gasteiger partial charge in [-0.15, -0.1) is 12.4 Å². The number of halogens is 4. The van der Waals surface area contributed by atoms with Crippen LogP contribution in [-0.2, 0) is 12.7 Å². The first-order chi connectivity index (χ1) is 10.9. The Hall–Kier alpha value is -2.07. The molecule has 0 bridgehead atoms. The smallest absolute Gasteiger partial charge is 0.387 e. The van der Waals surface area contributed by atoms with Gasteiger partial charge in [0, 0.05) is 13.1 Å². The van der Waals surface area contributed by atoms with Crippen LogP contribution in [0, 0.1) is 11.3 Å². The molecule has 0 saturated carbocycles. The number of benzene rings is 2. The lowest BCUT2D eigenvalue weighted by Crippen LogP contribution is -2.23. The van der Waals surface area contributed by atoms with Crippen molar-refractivity contribution in [2.45, 2.75) is 18.8 Å². The van der Waals surface area contributed by atoms with Gasteiger partial charge >= 0.3 is 6.18 Å². The Morgan fingerprint density at radius 1 is 1.08 bits per heavy atom. The average Bonchev–Trinajstić information content (AvgIpc) is 2.54. The number of nitriles is 1. The number of nitrogens with zero attached hydrogens (tertiary/aromatic N) is 1. The molecule has 2 N–H and O–H groups in total. The quantitative estimate of drug-likeness (QED) is 0.856. The van der Waals surface area contributed by atoms with Gasteiger partial charge in [0.2, 0.25) is 0 Å². The van der Waals surface area contributed by atoms with Crippen LogP contribution >= 0.6 is 12.4 Å². The number of alkyl halides is 3. The first-order valence-electron chi connectivity index (χ1n) is 6.96. The predicted molar refractivity (Wildman–Crippen MR) is 86.5 cm³/mol. The first kappa shape index (κ1) is 20.0. The molecule has 0 aromatic heterocycles. The van der Waals surface area contributed by atoms with Gasteiger partial charge in [-0.25, -0.2) is 0 Å². The lowest BCUT2D eigenvalue weighted by atomic mass is 10.0. The molecule has 2 aromatic rings. The van der Waals surface area contributed by atoms with Gasteiger partial charge in [-0.3, -0.25) is 0 Å². The van der Waals surface area contributed by atoms with E-state index in [1.54, 1.807) is 24.3 Å². The molecule has 0 fully saturated rings. The zero-order valence-electron chi connectivity index (χ0n) is 12.5. The van der Waals surface area contributed by atoms with Crippen LogP contribution in [0.1, 0.15) is 28.4 Å². The van der Waals surface area contributed by atoms with Gasteiger partial charge in [0.05, 0.1) is 23.3 Å². The topological polar surface area (TPSA) is 56.0 Å². The molecule has 0 aliphatic rings. The summed E-state index contributed by atoms with van der Waals surface area (Å²) in [5.41, 5.74) is 0.438. The molecule has 0 spiro atoms. The summed E-state index contributed by atoms with van der Waals surface area (Å²) >= 11 is 0. The number of hydrogen-bond acceptors (Lipinski definition) is 3. The molecule has 0 amide bonds. The normalized spacial score (nSPS) is 12.1. The molecule has 7 heteroatoms. The zero-order chi connectivity index (χ0) is 16.9. The lowest BCUT2D eigenvalue weighted by Gasteiger charge is -2.18. The summed E-state index contributed by atoms with van der Waals surface area (Å²) in [6, 6.07) is 13.8. The van der Waals surface area contributed by atoms with Gasteiger partial charge in [0.1, 0.15) is 0 Å². The third-order valence-electron chi connectivity index (χ3n) is 3.38. The third-order valence-corrected chi connectivity index (χ3v) is 3.38. The van der Waals surface area contributed by atoms with Crippen LogP contribution in [0.25, 0.3) is 0 Å². The minimum atomic E-state index is -4.50. The molecule has 128 valence electrons. The van der Waals surface area contributed by atoms with Gasteiger partial charge in [-0.05, 0) is 29.3 Å². The average molecular weight is 357 g/mol. The van der Waals surface area contributed by atoms with E-state index in [-0.39, 0.29) is 24.5 Å². The molecule has 0 aliphatic carbocycles. The molecular formula is C17H16ClF3N2O. The third kappa shape index (κ3) is 5.24. The van der Waals surface area contributed by atoms with Crippen LogP contribution in [0.4, 0.5) is 13.2 Å². The van der Waals surface area contributed by atoms with E-state index in [0.717, 1.165) is 11.6 Å². The molecule has 24 heavy (non-hydrogen) atoms. The highest BCUT2D eigenvalue weighted by atomic mass is 35.5. The summed E-state index contributed by atoms with van der Waals surface area (Å²) in [4.78, 5) is 0. The summed E-state index contributed by atoms with van der Waals surface area (Å²) in [5.74, 6) is 0. The lowest BCUT2D eigenvalue weighted by molar-refractivity contribution is -0.139. The Morgan fingerprint density at radius 2 is 1.71 bits per heavy atom. The summed E-state index contributed by atoms with van der Waals surface area (Å²) in [6.45, 7) is 0.379. The van der Waals surface area contributed by atoms with Gasteiger partial charge in [-0.1, -0.05) is 30.3 Å². The van der Waals surface area contributed by atoms with E-state index >= 15 is 0 Å². The van der Waals surface area contributed by atoms with Gasteiger partial charge in [-0.2, -0.15) is 18.4 Å². The second-order valence-corrected chi connectivity index (χ2v) is 5.04. The van der Waals surface area contributed by atoms with Gasteiger partial charge < -0.3 is 10.4 Å². The van der Waals surface area contributed by atoms with Crippen molar-refractivity contribution in [2.24, 2.45) is 0 Å². The van der Waals surface area contributed by atoms with Crippen LogP contribution < -0.4 is 5.32 Å². The summed E-state index contributed by atoms with van der Waals surface area (Å²) < 4.78 is 38.7. The summed E-state index contributed by atoms with van der Waals surface area (Å²) in [6.07, 6.45) is -5.75. The Kier molecular flexibility index (Phi) is 7.23. The fourth-order valence-corrected chi connectivity index (χ4v) is 2.21. The second kappa shape index (κ2) is 8.69. The fourth-order valence-electron chi connectivity index (χ4n) is 2.21. The molecule has 0 radical (unpaired) electrons. The molecular weight excluding hydrogens is 341 g/mol. The largest absolute Gasteiger partial charge is 0.416 e. The summed E-state index contributed by atoms with van der Waals surface area (Å²) in [5, 5.41) is 21.6. The van der Waals surface area contributed by atoms with Crippen molar-refractivity contribution in [1.82, 2.24) is 5.32 Å². The van der Waals surface area contributed by atoms with Crippen molar-refractivity contribution in [2.75, 3.05) is 6.54 Å². The van der Waals surface area contributed by atoms with E-state index < -0.39 is 17.8 Å². The van der Waals surface area contributed by atoms with E-state index in [4.69, 9.17) is 5.26 Å². The first-order valence-corrected chi connectivity index (χ1v) is 6.96. The van der Waals surface area contributed by atoms with E-state index in [0.29, 0.717) is 12.1 Å². The SMILES string of the molecule is Cl.N#Cc1ccc(CNCC(O)c2ccccc2C(F)(F)F)cc1. The molecule has 1 atom stereocenters. The van der Waals surface area contributed by atoms with Crippen LogP contribution in [0.2, 0.25) is 0 Å². The maximum absolute atomic E-state index is 12.9. The zero-order valence-corrected chi connectivity index (χ0v) is 13.4. The Morgan fingerprint density at radius 3 is 2.29 bits per heavy atom. The van der Waals surface area contributed by atoms with E-state index in [1.165, 1.54) is 18.2 Å². The highest BCUT2D eigenvalue weighted by Crippen LogP contribution is 2.34. The van der Waals surface area contributed by atoms with Crippen LogP contribution in [0.15, 0.2) is 48.5 Å². The number of rotatable bonds is 5. The van der Waals surface area contributed by atoms with Gasteiger partial charge in [0.25, 0.3) is 0 Å². The minimum absolute atomic E-state index is 0. The monoisotopic (exact) mass is 356 g/mol. The van der Waals surface area contributed by atoms with Crippen molar-refractivity contribution in [3.63, 3.8) is 0 Å². The number of aliphatic hydroxyl groups excluding tert-OH is 1.